The number of amides is 1. The molecule has 1 amide bonds. The van der Waals surface area contributed by atoms with Gasteiger partial charge in [0, 0.05) is 24.7 Å². The molecule has 2 heterocycles. The largest absolute Gasteiger partial charge is 0.501 e. The van der Waals surface area contributed by atoms with Gasteiger partial charge in [-0.3, -0.25) is 4.79 Å². The average Bonchev–Trinajstić information content (AvgIpc) is 2.85. The fraction of sp³-hybridized carbons (Fsp3) is 0.235. The third-order valence-electron chi connectivity index (χ3n) is 3.74. The number of nitrogens with zero attached hydrogens (tertiary/aromatic N) is 2. The molecule has 1 aliphatic carbocycles. The van der Waals surface area contributed by atoms with Gasteiger partial charge in [-0.25, -0.2) is 9.78 Å². The molecule has 8 heteroatoms. The zero-order chi connectivity index (χ0) is 17.8. The molecule has 130 valence electrons. The van der Waals surface area contributed by atoms with Gasteiger partial charge in [0.25, 0.3) is 5.56 Å². The van der Waals surface area contributed by atoms with Crippen molar-refractivity contribution in [2.24, 2.45) is 0 Å². The lowest BCUT2D eigenvalue weighted by molar-refractivity contribution is 0.244. The predicted octanol–water partition coefficient (Wildman–Crippen LogP) is 2.41. The van der Waals surface area contributed by atoms with Crippen molar-refractivity contribution in [2.75, 3.05) is 20.8 Å². The Morgan fingerprint density at radius 2 is 2.20 bits per heavy atom. The third kappa shape index (κ3) is 3.48. The molecule has 3 rings (SSSR count). The van der Waals surface area contributed by atoms with Crippen LogP contribution in [0.1, 0.15) is 6.42 Å². The van der Waals surface area contributed by atoms with Crippen molar-refractivity contribution in [3.8, 4) is 0 Å². The highest BCUT2D eigenvalue weighted by Crippen LogP contribution is 2.19. The summed E-state index contributed by atoms with van der Waals surface area (Å²) in [5.74, 6) is 1.46. The zero-order valence-electron chi connectivity index (χ0n) is 13.8. The van der Waals surface area contributed by atoms with Crippen LogP contribution >= 0.6 is 11.5 Å². The molecule has 2 aromatic heterocycles. The molecule has 0 unspecified atom stereocenters. The second-order valence-corrected chi connectivity index (χ2v) is 6.15. The number of carbonyl (C=O) groups excluding carboxylic acids is 1. The number of fused-ring (bicyclic) bond motifs is 1. The van der Waals surface area contributed by atoms with Gasteiger partial charge in [0.2, 0.25) is 0 Å². The van der Waals surface area contributed by atoms with Crippen LogP contribution in [0.3, 0.4) is 0 Å². The Balaban J connectivity index is 1.79. The van der Waals surface area contributed by atoms with Crippen LogP contribution in [0, 0.1) is 0 Å². The first kappa shape index (κ1) is 17.0. The number of nitrogens with one attached hydrogen (secondary N) is 1. The first-order valence-electron chi connectivity index (χ1n) is 7.57. The van der Waals surface area contributed by atoms with E-state index in [1.54, 1.807) is 32.5 Å². The number of allylic oxidation sites excluding steroid dienone is 3. The fourth-order valence-electron chi connectivity index (χ4n) is 2.42. The van der Waals surface area contributed by atoms with Crippen LogP contribution in [-0.4, -0.2) is 35.7 Å². The molecule has 0 spiro atoms. The van der Waals surface area contributed by atoms with E-state index < -0.39 is 6.03 Å². The molecule has 0 aliphatic heterocycles. The Kier molecular flexibility index (Phi) is 4.99. The van der Waals surface area contributed by atoms with Crippen LogP contribution in [0.4, 0.5) is 4.79 Å². The lowest BCUT2D eigenvalue weighted by atomic mass is 10.2. The van der Waals surface area contributed by atoms with Crippen molar-refractivity contribution in [3.63, 3.8) is 0 Å². The summed E-state index contributed by atoms with van der Waals surface area (Å²) < 4.78 is 11.7. The molecule has 0 atom stereocenters. The summed E-state index contributed by atoms with van der Waals surface area (Å²) in [5, 5.41) is 3.17. The maximum atomic E-state index is 12.4. The second-order valence-electron chi connectivity index (χ2n) is 5.21. The maximum Gasteiger partial charge on any atom is 0.338 e. The summed E-state index contributed by atoms with van der Waals surface area (Å²) in [6, 6.07) is 2.83. The lowest BCUT2D eigenvalue weighted by Gasteiger charge is -2.11. The summed E-state index contributed by atoms with van der Waals surface area (Å²) in [6.07, 6.45) is 7.74. The number of rotatable bonds is 4. The van der Waals surface area contributed by atoms with E-state index in [0.717, 1.165) is 26.8 Å². The number of hydrogen-bond acceptors (Lipinski definition) is 6. The number of methoxy groups -OCH3 is 2. The topological polar surface area (TPSA) is 82.5 Å². The number of aromatic nitrogens is 2. The molecule has 0 aromatic carbocycles. The van der Waals surface area contributed by atoms with E-state index in [0.29, 0.717) is 22.4 Å². The second kappa shape index (κ2) is 7.35. The molecule has 0 fully saturated rings. The molecular weight excluding hydrogens is 342 g/mol. The van der Waals surface area contributed by atoms with E-state index in [4.69, 9.17) is 9.47 Å². The van der Waals surface area contributed by atoms with E-state index >= 15 is 0 Å². The normalized spacial score (nSPS) is 14.2. The highest BCUT2D eigenvalue weighted by Gasteiger charge is 2.16. The van der Waals surface area contributed by atoms with Crippen molar-refractivity contribution in [1.29, 1.82) is 0 Å². The zero-order valence-corrected chi connectivity index (χ0v) is 14.6. The van der Waals surface area contributed by atoms with Crippen molar-refractivity contribution in [2.45, 2.75) is 6.42 Å². The van der Waals surface area contributed by atoms with Crippen LogP contribution in [0.15, 0.2) is 58.4 Å². The van der Waals surface area contributed by atoms with Crippen LogP contribution in [-0.2, 0) is 9.47 Å². The molecule has 2 aromatic rings. The highest BCUT2D eigenvalue weighted by molar-refractivity contribution is 7.14. The number of hydrogen-bond donors (Lipinski definition) is 1. The number of ether oxygens (including phenoxy) is 2. The number of pyridine rings is 1. The molecule has 0 saturated heterocycles. The van der Waals surface area contributed by atoms with Gasteiger partial charge < -0.3 is 14.8 Å². The first-order valence-corrected chi connectivity index (χ1v) is 8.35. The van der Waals surface area contributed by atoms with E-state index in [1.165, 1.54) is 0 Å². The Labute approximate surface area is 148 Å². The Morgan fingerprint density at radius 3 is 2.92 bits per heavy atom. The Morgan fingerprint density at radius 1 is 1.36 bits per heavy atom. The SMILES string of the molecule is COC1=CC=C(CNC(=O)n2sc3ncccc3c2=O)C(OC)=CC1. The minimum atomic E-state index is -0.496. The average molecular weight is 359 g/mol. The summed E-state index contributed by atoms with van der Waals surface area (Å²) in [4.78, 5) is 29.3. The van der Waals surface area contributed by atoms with Gasteiger partial charge in [0.1, 0.15) is 10.6 Å². The fourth-order valence-corrected chi connectivity index (χ4v) is 3.28. The standard InChI is InChI=1S/C17H17N3O4S/c1-23-12-6-5-11(14(24-2)8-7-12)10-19-17(22)20-16(21)13-4-3-9-18-15(13)25-20/h3-6,8-9H,7,10H2,1-2H3,(H,19,22). The summed E-state index contributed by atoms with van der Waals surface area (Å²) in [7, 11) is 3.18. The molecule has 25 heavy (non-hydrogen) atoms. The molecule has 7 nitrogen and oxygen atoms in total. The van der Waals surface area contributed by atoms with Gasteiger partial charge in [-0.1, -0.05) is 6.08 Å². The molecule has 0 bridgehead atoms. The molecule has 0 radical (unpaired) electrons. The van der Waals surface area contributed by atoms with E-state index in [2.05, 4.69) is 10.3 Å². The Hall–Kier alpha value is -2.87. The molecular formula is C17H17N3O4S. The van der Waals surface area contributed by atoms with Crippen molar-refractivity contribution in [3.05, 3.63) is 64.0 Å². The quantitative estimate of drug-likeness (QED) is 0.906. The molecule has 1 N–H and O–H groups in total. The third-order valence-corrected chi connectivity index (χ3v) is 4.75. The number of carbonyl (C=O) groups is 1. The predicted molar refractivity (Wildman–Crippen MR) is 95.6 cm³/mol. The first-order chi connectivity index (χ1) is 12.1. The summed E-state index contributed by atoms with van der Waals surface area (Å²) >= 11 is 1.02. The van der Waals surface area contributed by atoms with Gasteiger partial charge in [0.05, 0.1) is 25.4 Å². The lowest BCUT2D eigenvalue weighted by Crippen LogP contribution is -2.34. The van der Waals surface area contributed by atoms with Crippen molar-refractivity contribution >= 4 is 27.8 Å². The van der Waals surface area contributed by atoms with Crippen LogP contribution in [0.5, 0.6) is 0 Å². The molecule has 1 aliphatic rings. The van der Waals surface area contributed by atoms with Crippen LogP contribution < -0.4 is 10.9 Å². The maximum absolute atomic E-state index is 12.4. The summed E-state index contributed by atoms with van der Waals surface area (Å²) in [6.45, 7) is 0.222. The van der Waals surface area contributed by atoms with E-state index in [-0.39, 0.29) is 12.1 Å². The Bertz CT molecular complexity index is 952. The monoisotopic (exact) mass is 359 g/mol. The van der Waals surface area contributed by atoms with E-state index in [9.17, 15) is 9.59 Å². The van der Waals surface area contributed by atoms with Gasteiger partial charge >= 0.3 is 6.03 Å². The van der Waals surface area contributed by atoms with Gasteiger partial charge in [-0.15, -0.1) is 0 Å². The van der Waals surface area contributed by atoms with Gasteiger partial charge in [-0.05, 0) is 35.8 Å². The van der Waals surface area contributed by atoms with Crippen molar-refractivity contribution in [1.82, 2.24) is 14.3 Å². The van der Waals surface area contributed by atoms with Gasteiger partial charge in [0.15, 0.2) is 0 Å². The minimum absolute atomic E-state index is 0.222. The van der Waals surface area contributed by atoms with Crippen LogP contribution in [0.2, 0.25) is 0 Å². The van der Waals surface area contributed by atoms with E-state index in [1.807, 2.05) is 18.2 Å². The van der Waals surface area contributed by atoms with Crippen LogP contribution in [0.25, 0.3) is 10.2 Å². The highest BCUT2D eigenvalue weighted by atomic mass is 32.1. The van der Waals surface area contributed by atoms with Crippen molar-refractivity contribution < 1.29 is 14.3 Å². The van der Waals surface area contributed by atoms with Gasteiger partial charge in [-0.2, -0.15) is 3.96 Å². The minimum Gasteiger partial charge on any atom is -0.501 e. The molecule has 0 saturated carbocycles. The smallest absolute Gasteiger partial charge is 0.338 e. The summed E-state index contributed by atoms with van der Waals surface area (Å²) in [5.41, 5.74) is 0.416.